The van der Waals surface area contributed by atoms with E-state index in [-0.39, 0.29) is 35.2 Å². The number of nitrogens with zero attached hydrogens (tertiary/aromatic N) is 2. The maximum atomic E-state index is 12.4. The lowest BCUT2D eigenvalue weighted by atomic mass is 10.1. The average Bonchev–Trinajstić information content (AvgIpc) is 2.88. The van der Waals surface area contributed by atoms with Crippen molar-refractivity contribution in [1.29, 1.82) is 0 Å². The summed E-state index contributed by atoms with van der Waals surface area (Å²) in [5, 5.41) is 7.71. The zero-order chi connectivity index (χ0) is 16.6. The maximum absolute atomic E-state index is 12.4. The third-order valence-electron chi connectivity index (χ3n) is 4.05. The molecule has 3 rings (SSSR count). The molecule has 0 aliphatic carbocycles. The highest BCUT2D eigenvalue weighted by Crippen LogP contribution is 2.18. The van der Waals surface area contributed by atoms with Gasteiger partial charge in [-0.05, 0) is 18.4 Å². The number of amides is 1. The van der Waals surface area contributed by atoms with Crippen molar-refractivity contribution in [3.05, 3.63) is 40.3 Å². The van der Waals surface area contributed by atoms with E-state index in [9.17, 15) is 18.0 Å². The van der Waals surface area contributed by atoms with Crippen LogP contribution in [0.4, 0.5) is 0 Å². The Labute approximate surface area is 133 Å². The normalized spacial score (nSPS) is 19.8. The number of carbonyl (C=O) groups excluding carboxylic acids is 1. The minimum Gasteiger partial charge on any atom is -0.350 e. The van der Waals surface area contributed by atoms with Crippen LogP contribution >= 0.6 is 0 Å². The Morgan fingerprint density at radius 1 is 1.35 bits per heavy atom. The van der Waals surface area contributed by atoms with Gasteiger partial charge in [-0.3, -0.25) is 9.59 Å². The zero-order valence-corrected chi connectivity index (χ0v) is 13.5. The van der Waals surface area contributed by atoms with Crippen molar-refractivity contribution < 1.29 is 13.2 Å². The molecule has 7 nitrogen and oxygen atoms in total. The summed E-state index contributed by atoms with van der Waals surface area (Å²) in [7, 11) is -1.47. The van der Waals surface area contributed by atoms with E-state index in [0.29, 0.717) is 17.2 Å². The summed E-state index contributed by atoms with van der Waals surface area (Å²) in [5.41, 5.74) is -0.0948. The number of sulfone groups is 1. The fourth-order valence-corrected chi connectivity index (χ4v) is 4.68. The largest absolute Gasteiger partial charge is 0.350 e. The molecule has 1 amide bonds. The quantitative estimate of drug-likeness (QED) is 0.858. The van der Waals surface area contributed by atoms with Gasteiger partial charge in [-0.1, -0.05) is 18.2 Å². The van der Waals surface area contributed by atoms with Gasteiger partial charge in [0.15, 0.2) is 15.5 Å². The summed E-state index contributed by atoms with van der Waals surface area (Å²) in [6.07, 6.45) is 0.560. The fraction of sp³-hybridized carbons (Fsp3) is 0.400. The first-order valence-corrected chi connectivity index (χ1v) is 9.14. The van der Waals surface area contributed by atoms with Crippen molar-refractivity contribution in [1.82, 2.24) is 15.1 Å². The van der Waals surface area contributed by atoms with E-state index >= 15 is 0 Å². The Morgan fingerprint density at radius 2 is 2.04 bits per heavy atom. The van der Waals surface area contributed by atoms with Crippen molar-refractivity contribution in [2.45, 2.75) is 6.42 Å². The van der Waals surface area contributed by atoms with Gasteiger partial charge in [0.1, 0.15) is 0 Å². The van der Waals surface area contributed by atoms with E-state index < -0.39 is 15.7 Å². The van der Waals surface area contributed by atoms with Crippen LogP contribution in [-0.4, -0.2) is 42.2 Å². The Balaban J connectivity index is 1.84. The molecule has 23 heavy (non-hydrogen) atoms. The molecule has 0 spiro atoms. The van der Waals surface area contributed by atoms with Gasteiger partial charge >= 0.3 is 0 Å². The van der Waals surface area contributed by atoms with Crippen LogP contribution in [0.25, 0.3) is 10.8 Å². The number of aryl methyl sites for hydroxylation is 1. The van der Waals surface area contributed by atoms with Crippen LogP contribution < -0.4 is 10.9 Å². The number of aromatic nitrogens is 2. The lowest BCUT2D eigenvalue weighted by Crippen LogP contribution is -2.33. The van der Waals surface area contributed by atoms with Gasteiger partial charge in [0.2, 0.25) is 0 Å². The predicted octanol–water partition coefficient (Wildman–Crippen LogP) is 0.0980. The summed E-state index contributed by atoms with van der Waals surface area (Å²) in [4.78, 5) is 24.4. The molecule has 0 unspecified atom stereocenters. The van der Waals surface area contributed by atoms with Crippen LogP contribution in [0.2, 0.25) is 0 Å². The first-order valence-electron chi connectivity index (χ1n) is 7.32. The Morgan fingerprint density at radius 3 is 2.70 bits per heavy atom. The topological polar surface area (TPSA) is 98.1 Å². The van der Waals surface area contributed by atoms with E-state index in [1.807, 2.05) is 0 Å². The third kappa shape index (κ3) is 3.12. The summed E-state index contributed by atoms with van der Waals surface area (Å²) in [6.45, 7) is 0.289. The summed E-state index contributed by atoms with van der Waals surface area (Å²) >= 11 is 0. The highest BCUT2D eigenvalue weighted by Gasteiger charge is 2.28. The second kappa shape index (κ2) is 5.77. The van der Waals surface area contributed by atoms with Crippen LogP contribution in [0, 0.1) is 5.92 Å². The Kier molecular flexibility index (Phi) is 3.93. The third-order valence-corrected chi connectivity index (χ3v) is 5.89. The smallest absolute Gasteiger partial charge is 0.274 e. The molecule has 0 bridgehead atoms. The predicted molar refractivity (Wildman–Crippen MR) is 86.1 cm³/mol. The highest BCUT2D eigenvalue weighted by atomic mass is 32.2. The van der Waals surface area contributed by atoms with E-state index in [2.05, 4.69) is 10.4 Å². The molecular weight excluding hydrogens is 318 g/mol. The minimum atomic E-state index is -2.97. The van der Waals surface area contributed by atoms with Gasteiger partial charge in [-0.2, -0.15) is 5.10 Å². The van der Waals surface area contributed by atoms with Crippen molar-refractivity contribution in [2.75, 3.05) is 18.1 Å². The van der Waals surface area contributed by atoms with Crippen LogP contribution in [0.15, 0.2) is 29.1 Å². The van der Waals surface area contributed by atoms with Gasteiger partial charge in [0, 0.05) is 19.0 Å². The number of hydrogen-bond donors (Lipinski definition) is 1. The van der Waals surface area contributed by atoms with Crippen molar-refractivity contribution in [3.63, 3.8) is 0 Å². The first-order chi connectivity index (χ1) is 10.9. The molecule has 1 fully saturated rings. The molecule has 1 atom stereocenters. The van der Waals surface area contributed by atoms with Gasteiger partial charge in [-0.25, -0.2) is 13.1 Å². The number of benzene rings is 1. The molecule has 1 aliphatic rings. The average molecular weight is 335 g/mol. The molecule has 122 valence electrons. The van der Waals surface area contributed by atoms with Gasteiger partial charge in [-0.15, -0.1) is 0 Å². The van der Waals surface area contributed by atoms with Crippen LogP contribution in [0.3, 0.4) is 0 Å². The van der Waals surface area contributed by atoms with Crippen molar-refractivity contribution in [2.24, 2.45) is 13.0 Å². The summed E-state index contributed by atoms with van der Waals surface area (Å²) < 4.78 is 24.0. The molecular formula is C15H17N3O4S. The molecule has 2 aromatic rings. The lowest BCUT2D eigenvalue weighted by Gasteiger charge is -2.11. The Bertz CT molecular complexity index is 933. The van der Waals surface area contributed by atoms with Gasteiger partial charge in [0.25, 0.3) is 11.5 Å². The molecule has 0 saturated carbocycles. The van der Waals surface area contributed by atoms with E-state index in [4.69, 9.17) is 0 Å². The van der Waals surface area contributed by atoms with Crippen LogP contribution in [-0.2, 0) is 16.9 Å². The van der Waals surface area contributed by atoms with Gasteiger partial charge in [0.05, 0.1) is 16.9 Å². The minimum absolute atomic E-state index is 0.0669. The monoisotopic (exact) mass is 335 g/mol. The second-order valence-corrected chi connectivity index (χ2v) is 8.03. The van der Waals surface area contributed by atoms with Crippen LogP contribution in [0.1, 0.15) is 16.9 Å². The number of rotatable bonds is 3. The molecule has 1 saturated heterocycles. The van der Waals surface area contributed by atoms with Gasteiger partial charge < -0.3 is 5.32 Å². The molecule has 1 aromatic carbocycles. The molecule has 8 heteroatoms. The molecule has 0 radical (unpaired) electrons. The first kappa shape index (κ1) is 15.7. The Hall–Kier alpha value is -2.22. The molecule has 1 N–H and O–H groups in total. The highest BCUT2D eigenvalue weighted by molar-refractivity contribution is 7.91. The van der Waals surface area contributed by atoms with Crippen LogP contribution in [0.5, 0.6) is 0 Å². The number of nitrogens with one attached hydrogen (secondary N) is 1. The van der Waals surface area contributed by atoms with Crippen molar-refractivity contribution >= 4 is 26.5 Å². The zero-order valence-electron chi connectivity index (χ0n) is 12.7. The summed E-state index contributed by atoms with van der Waals surface area (Å²) in [5.74, 6) is -0.188. The molecule has 2 heterocycles. The maximum Gasteiger partial charge on any atom is 0.274 e. The SMILES string of the molecule is Cn1nc(C(=O)NC[C@H]2CCS(=O)(=O)C2)c2ccccc2c1=O. The summed E-state index contributed by atoms with van der Waals surface area (Å²) in [6, 6.07) is 6.80. The fourth-order valence-electron chi connectivity index (χ4n) is 2.82. The molecule has 1 aliphatic heterocycles. The number of carbonyl (C=O) groups is 1. The van der Waals surface area contributed by atoms with E-state index in [0.717, 1.165) is 4.68 Å². The van der Waals surface area contributed by atoms with E-state index in [1.54, 1.807) is 24.3 Å². The lowest BCUT2D eigenvalue weighted by molar-refractivity contribution is 0.0943. The number of hydrogen-bond acceptors (Lipinski definition) is 5. The molecule has 1 aromatic heterocycles. The number of fused-ring (bicyclic) bond motifs is 1. The standard InChI is InChI=1S/C15H17N3O4S/c1-18-15(20)12-5-3-2-4-11(12)13(17-18)14(19)16-8-10-6-7-23(21,22)9-10/h2-5,10H,6-9H2,1H3,(H,16,19)/t10-/m1/s1. The van der Waals surface area contributed by atoms with Crippen molar-refractivity contribution in [3.8, 4) is 0 Å². The second-order valence-electron chi connectivity index (χ2n) is 5.80. The van der Waals surface area contributed by atoms with E-state index in [1.165, 1.54) is 7.05 Å².